The summed E-state index contributed by atoms with van der Waals surface area (Å²) in [7, 11) is 5.18. The van der Waals surface area contributed by atoms with Crippen LogP contribution in [0.15, 0.2) is 38.0 Å². The van der Waals surface area contributed by atoms with Crippen LogP contribution >= 0.6 is 0 Å². The molecule has 14 nitrogen and oxygen atoms in total. The topological polar surface area (TPSA) is 145 Å². The number of anilines is 2. The zero-order valence-electron chi connectivity index (χ0n) is 26.6. The Bertz CT molecular complexity index is 1910. The third-order valence-electron chi connectivity index (χ3n) is 8.29. The number of H-pyrrole nitrogens is 1. The summed E-state index contributed by atoms with van der Waals surface area (Å²) in [4.78, 5) is 62.4. The molecule has 2 aromatic heterocycles. The fourth-order valence-electron chi connectivity index (χ4n) is 6.02. The number of fused-ring (bicyclic) bond motifs is 1. The minimum absolute atomic E-state index is 0.0205. The van der Waals surface area contributed by atoms with Gasteiger partial charge in [-0.25, -0.2) is 4.99 Å². The van der Waals surface area contributed by atoms with Crippen LogP contribution < -0.4 is 27.0 Å². The van der Waals surface area contributed by atoms with Crippen molar-refractivity contribution in [3.63, 3.8) is 0 Å². The molecule has 3 aromatic rings. The number of hydrogen-bond donors (Lipinski definition) is 2. The Morgan fingerprint density at radius 1 is 1.09 bits per heavy atom. The van der Waals surface area contributed by atoms with Crippen LogP contribution in [-0.4, -0.2) is 94.3 Å². The number of carbonyl (C=O) groups excluding carboxylic acids is 2. The highest BCUT2D eigenvalue weighted by molar-refractivity contribution is 5.94. The van der Waals surface area contributed by atoms with Crippen LogP contribution in [-0.2, 0) is 43.8 Å². The lowest BCUT2D eigenvalue weighted by atomic mass is 9.83. The molecule has 1 fully saturated rings. The maximum atomic E-state index is 13.9. The van der Waals surface area contributed by atoms with E-state index in [4.69, 9.17) is 0 Å². The summed E-state index contributed by atoms with van der Waals surface area (Å²) in [5, 5.41) is 9.23. The molecule has 2 amide bonds. The first kappa shape index (κ1) is 33.4. The monoisotopic (exact) mass is 658 g/mol. The molecule has 47 heavy (non-hydrogen) atoms. The van der Waals surface area contributed by atoms with Crippen molar-refractivity contribution in [2.24, 2.45) is 17.1 Å². The largest absolute Gasteiger partial charge is 0.416 e. The van der Waals surface area contributed by atoms with Crippen LogP contribution in [0.3, 0.4) is 0 Å². The summed E-state index contributed by atoms with van der Waals surface area (Å²) >= 11 is 0. The number of nitrogens with one attached hydrogen (secondary N) is 2. The number of amides is 2. The number of rotatable bonds is 9. The SMILES string of the molecule is C=Nn1c(=O)c(N2CCN(C(=O)c3cn(C)[nH]c3=O)CC2)c(CC)n(CC(=O)Nc2ccc(C(F)(F)F)c3c2CC3)/c1=N/CN(C)C. The summed E-state index contributed by atoms with van der Waals surface area (Å²) in [6.45, 7) is 6.21. The van der Waals surface area contributed by atoms with E-state index in [1.807, 2.05) is 11.8 Å². The van der Waals surface area contributed by atoms with Crippen molar-refractivity contribution in [2.45, 2.75) is 38.9 Å². The smallest absolute Gasteiger partial charge is 0.362 e. The Labute approximate surface area is 267 Å². The van der Waals surface area contributed by atoms with E-state index in [0.29, 0.717) is 29.8 Å². The van der Waals surface area contributed by atoms with Crippen molar-refractivity contribution in [2.75, 3.05) is 57.2 Å². The van der Waals surface area contributed by atoms with E-state index in [-0.39, 0.29) is 68.2 Å². The second kappa shape index (κ2) is 13.1. The Morgan fingerprint density at radius 3 is 2.30 bits per heavy atom. The van der Waals surface area contributed by atoms with E-state index in [2.05, 4.69) is 27.2 Å². The standard InChI is InChI=1S/C30H37F3N10O4/c1-6-23-25(40-11-13-41(14-12-40)27(46)20-15-39(5)37-26(20)45)28(47)43(34-2)29(35-17-38(3)4)42(23)16-24(44)36-22-10-9-21(30(31,32)33)18-7-8-19(18)22/h9-10,15H,2,6-8,11-14,16-17H2,1,3-5H3,(H,36,44)(H,37,45)/b35-29-. The number of hydrogen-bond acceptors (Lipinski definition) is 8. The van der Waals surface area contributed by atoms with Gasteiger partial charge in [-0.2, -0.15) is 22.9 Å². The Balaban J connectivity index is 1.49. The average molecular weight is 659 g/mol. The maximum absolute atomic E-state index is 13.9. The minimum Gasteiger partial charge on any atom is -0.362 e. The Morgan fingerprint density at radius 2 is 1.77 bits per heavy atom. The Hall–Kier alpha value is -4.93. The van der Waals surface area contributed by atoms with Crippen molar-refractivity contribution in [1.82, 2.24) is 28.8 Å². The quantitative estimate of drug-likeness (QED) is 0.326. The number of piperazine rings is 1. The number of aromatic nitrogens is 4. The minimum atomic E-state index is -4.48. The highest BCUT2D eigenvalue weighted by Crippen LogP contribution is 2.41. The highest BCUT2D eigenvalue weighted by Gasteiger charge is 2.37. The van der Waals surface area contributed by atoms with Gasteiger partial charge in [0.2, 0.25) is 11.5 Å². The number of nitrogens with zero attached hydrogens (tertiary/aromatic N) is 8. The van der Waals surface area contributed by atoms with Crippen LogP contribution in [0.2, 0.25) is 0 Å². The summed E-state index contributed by atoms with van der Waals surface area (Å²) in [6.07, 6.45) is -2.05. The first-order valence-corrected chi connectivity index (χ1v) is 15.1. The molecule has 17 heteroatoms. The van der Waals surface area contributed by atoms with Crippen molar-refractivity contribution in [3.05, 3.63) is 72.6 Å². The lowest BCUT2D eigenvalue weighted by Crippen LogP contribution is -2.53. The Kier molecular flexibility index (Phi) is 9.29. The predicted molar refractivity (Wildman–Crippen MR) is 169 cm³/mol. The van der Waals surface area contributed by atoms with Crippen molar-refractivity contribution >= 4 is 29.9 Å². The molecular formula is C30H37F3N10O4. The molecule has 0 unspecified atom stereocenters. The highest BCUT2D eigenvalue weighted by atomic mass is 19.4. The van der Waals surface area contributed by atoms with Gasteiger partial charge >= 0.3 is 6.18 Å². The van der Waals surface area contributed by atoms with Gasteiger partial charge in [-0.1, -0.05) is 6.92 Å². The molecule has 0 spiro atoms. The average Bonchev–Trinajstić information content (AvgIpc) is 3.33. The molecule has 3 heterocycles. The zero-order chi connectivity index (χ0) is 34.2. The van der Waals surface area contributed by atoms with Crippen molar-refractivity contribution in [1.29, 1.82) is 0 Å². The molecule has 0 radical (unpaired) electrons. The molecule has 2 aliphatic rings. The molecule has 1 aromatic carbocycles. The summed E-state index contributed by atoms with van der Waals surface area (Å²) in [5.74, 6) is -0.945. The molecule has 0 saturated carbocycles. The number of alkyl halides is 3. The van der Waals surface area contributed by atoms with E-state index in [1.165, 1.54) is 16.9 Å². The van der Waals surface area contributed by atoms with Crippen LogP contribution in [0.1, 0.15) is 39.7 Å². The third kappa shape index (κ3) is 6.52. The van der Waals surface area contributed by atoms with Gasteiger partial charge in [0.15, 0.2) is 0 Å². The van der Waals surface area contributed by atoms with Crippen LogP contribution in [0, 0.1) is 0 Å². The predicted octanol–water partition coefficient (Wildman–Crippen LogP) is 0.841. The second-order valence-electron chi connectivity index (χ2n) is 11.7. The van der Waals surface area contributed by atoms with Gasteiger partial charge in [-0.15, -0.1) is 0 Å². The molecule has 252 valence electrons. The van der Waals surface area contributed by atoms with Gasteiger partial charge in [-0.05, 0) is 56.6 Å². The molecule has 1 aliphatic heterocycles. The molecule has 2 N–H and O–H groups in total. The number of aryl methyl sites for hydroxylation is 1. The molecule has 1 saturated heterocycles. The van der Waals surface area contributed by atoms with E-state index in [1.54, 1.807) is 35.5 Å². The molecule has 1 aliphatic carbocycles. The fourth-order valence-corrected chi connectivity index (χ4v) is 6.02. The summed E-state index contributed by atoms with van der Waals surface area (Å²) in [5.41, 5.74) is 0.0962. The maximum Gasteiger partial charge on any atom is 0.416 e. The zero-order valence-corrected chi connectivity index (χ0v) is 26.6. The summed E-state index contributed by atoms with van der Waals surface area (Å²) in [6, 6.07) is 2.25. The van der Waals surface area contributed by atoms with Crippen LogP contribution in [0.5, 0.6) is 0 Å². The lowest BCUT2D eigenvalue weighted by Gasteiger charge is -2.36. The van der Waals surface area contributed by atoms with E-state index in [0.717, 1.165) is 10.7 Å². The first-order chi connectivity index (χ1) is 22.2. The fraction of sp³-hybridized carbons (Fsp3) is 0.467. The normalized spacial score (nSPS) is 15.1. The van der Waals surface area contributed by atoms with Gasteiger partial charge in [-0.3, -0.25) is 33.9 Å². The van der Waals surface area contributed by atoms with Gasteiger partial charge in [0, 0.05) is 51.8 Å². The van der Waals surface area contributed by atoms with E-state index in [9.17, 15) is 32.3 Å². The third-order valence-corrected chi connectivity index (χ3v) is 8.29. The van der Waals surface area contributed by atoms with E-state index >= 15 is 0 Å². The van der Waals surface area contributed by atoms with Crippen LogP contribution in [0.4, 0.5) is 24.5 Å². The molecule has 5 rings (SSSR count). The molecule has 0 bridgehead atoms. The van der Waals surface area contributed by atoms with Crippen LogP contribution in [0.25, 0.3) is 0 Å². The number of benzene rings is 1. The lowest BCUT2D eigenvalue weighted by molar-refractivity contribution is -0.138. The second-order valence-corrected chi connectivity index (χ2v) is 11.7. The van der Waals surface area contributed by atoms with Gasteiger partial charge < -0.3 is 19.7 Å². The van der Waals surface area contributed by atoms with Gasteiger partial charge in [0.25, 0.3) is 17.0 Å². The van der Waals surface area contributed by atoms with Crippen molar-refractivity contribution in [3.8, 4) is 0 Å². The first-order valence-electron chi connectivity index (χ1n) is 15.1. The molecular weight excluding hydrogens is 621 g/mol. The van der Waals surface area contributed by atoms with E-state index < -0.39 is 34.7 Å². The molecule has 0 atom stereocenters. The number of halogens is 3. The number of carbonyl (C=O) groups is 2. The summed E-state index contributed by atoms with van der Waals surface area (Å²) < 4.78 is 44.4. The number of aromatic amines is 1. The van der Waals surface area contributed by atoms with Crippen molar-refractivity contribution < 1.29 is 22.8 Å². The van der Waals surface area contributed by atoms with Gasteiger partial charge in [0.05, 0.1) is 17.9 Å². The van der Waals surface area contributed by atoms with Gasteiger partial charge in [0.1, 0.15) is 17.8 Å².